The maximum atomic E-state index is 11.9. The summed E-state index contributed by atoms with van der Waals surface area (Å²) >= 11 is 3.65. The summed E-state index contributed by atoms with van der Waals surface area (Å²) in [6, 6.07) is 11.9. The maximum Gasteiger partial charge on any atom is 0.172 e. The fourth-order valence-corrected chi connectivity index (χ4v) is 4.03. The van der Waals surface area contributed by atoms with Crippen molar-refractivity contribution in [1.29, 1.82) is 0 Å². The third-order valence-corrected chi connectivity index (χ3v) is 5.72. The molecule has 0 saturated carbocycles. The monoisotopic (exact) mass is 434 g/mol. The number of pyridine rings is 1. The van der Waals surface area contributed by atoms with Crippen molar-refractivity contribution >= 4 is 55.8 Å². The summed E-state index contributed by atoms with van der Waals surface area (Å²) in [6.45, 7) is 6.13. The van der Waals surface area contributed by atoms with Gasteiger partial charge in [-0.25, -0.2) is 4.99 Å². The first-order chi connectivity index (χ1) is 13.4. The molecule has 2 aromatic carbocycles. The van der Waals surface area contributed by atoms with Crippen LogP contribution in [0.15, 0.2) is 63.4 Å². The lowest BCUT2D eigenvalue weighted by atomic mass is 9.79. The molecule has 1 aliphatic rings. The lowest BCUT2D eigenvalue weighted by Gasteiger charge is -2.22. The standard InChI is InChI=1S/C22H19BrN4O/c1-13-4-6-14(7-5-13)26-27-19(12-28)21-22(2,3)17-10-18(23)15-8-9-24-11-16(15)20(17)25-21/h4-12,26H,1-3H3/b27-19+. The molecule has 6 heteroatoms. The van der Waals surface area contributed by atoms with Crippen LogP contribution in [0.4, 0.5) is 11.4 Å². The van der Waals surface area contributed by atoms with Gasteiger partial charge in [-0.3, -0.25) is 15.2 Å². The number of aliphatic imine (C=N–C) groups is 1. The van der Waals surface area contributed by atoms with E-state index < -0.39 is 5.41 Å². The molecule has 4 rings (SSSR count). The van der Waals surface area contributed by atoms with Gasteiger partial charge in [0.05, 0.1) is 17.1 Å². The van der Waals surface area contributed by atoms with Crippen LogP contribution < -0.4 is 5.43 Å². The molecule has 0 radical (unpaired) electrons. The molecular weight excluding hydrogens is 416 g/mol. The van der Waals surface area contributed by atoms with E-state index in [0.717, 1.165) is 44.0 Å². The Balaban J connectivity index is 1.79. The summed E-state index contributed by atoms with van der Waals surface area (Å²) in [5.74, 6) is 0. The molecule has 1 N–H and O–H groups in total. The van der Waals surface area contributed by atoms with Crippen LogP contribution in [0, 0.1) is 6.92 Å². The highest BCUT2D eigenvalue weighted by Gasteiger charge is 2.39. The minimum Gasteiger partial charge on any atom is -0.296 e. The maximum absolute atomic E-state index is 11.9. The van der Waals surface area contributed by atoms with Gasteiger partial charge in [0.2, 0.25) is 0 Å². The summed E-state index contributed by atoms with van der Waals surface area (Å²) in [6.07, 6.45) is 4.32. The average Bonchev–Trinajstić information content (AvgIpc) is 2.95. The summed E-state index contributed by atoms with van der Waals surface area (Å²) in [5, 5.41) is 6.34. The van der Waals surface area contributed by atoms with Crippen LogP contribution in [-0.4, -0.2) is 22.7 Å². The van der Waals surface area contributed by atoms with Gasteiger partial charge in [0.25, 0.3) is 0 Å². The van der Waals surface area contributed by atoms with Crippen molar-refractivity contribution in [3.63, 3.8) is 0 Å². The van der Waals surface area contributed by atoms with Crippen LogP contribution in [-0.2, 0) is 10.2 Å². The highest BCUT2D eigenvalue weighted by molar-refractivity contribution is 9.10. The number of carbonyl (C=O) groups excluding carboxylic acids is 1. The van der Waals surface area contributed by atoms with E-state index in [9.17, 15) is 4.79 Å². The van der Waals surface area contributed by atoms with Gasteiger partial charge in [0.1, 0.15) is 5.71 Å². The van der Waals surface area contributed by atoms with E-state index in [1.54, 1.807) is 6.20 Å². The molecule has 0 fully saturated rings. The van der Waals surface area contributed by atoms with E-state index >= 15 is 0 Å². The summed E-state index contributed by atoms with van der Waals surface area (Å²) < 4.78 is 0.982. The van der Waals surface area contributed by atoms with E-state index in [1.165, 1.54) is 0 Å². The molecule has 0 spiro atoms. The molecule has 2 heterocycles. The Kier molecular flexibility index (Phi) is 4.59. The molecule has 1 aromatic heterocycles. The quantitative estimate of drug-likeness (QED) is 0.342. The highest BCUT2D eigenvalue weighted by atomic mass is 79.9. The second-order valence-electron chi connectivity index (χ2n) is 7.35. The lowest BCUT2D eigenvalue weighted by Crippen LogP contribution is -2.33. The summed E-state index contributed by atoms with van der Waals surface area (Å²) in [7, 11) is 0. The third kappa shape index (κ3) is 3.03. The van der Waals surface area contributed by atoms with Gasteiger partial charge in [-0.15, -0.1) is 0 Å². The predicted octanol–water partition coefficient (Wildman–Crippen LogP) is 5.34. The van der Waals surface area contributed by atoms with E-state index in [1.807, 2.05) is 43.5 Å². The van der Waals surface area contributed by atoms with Crippen LogP contribution in [0.2, 0.25) is 0 Å². The zero-order chi connectivity index (χ0) is 19.9. The number of halogens is 1. The molecule has 0 saturated heterocycles. The number of anilines is 1. The van der Waals surface area contributed by atoms with Gasteiger partial charge in [0, 0.05) is 33.1 Å². The summed E-state index contributed by atoms with van der Waals surface area (Å²) in [5.41, 5.74) is 7.29. The number of nitrogens with zero attached hydrogens (tertiary/aromatic N) is 3. The Morgan fingerprint density at radius 1 is 1.18 bits per heavy atom. The van der Waals surface area contributed by atoms with Crippen molar-refractivity contribution in [3.8, 4) is 0 Å². The molecule has 0 unspecified atom stereocenters. The van der Waals surface area contributed by atoms with Crippen molar-refractivity contribution in [2.45, 2.75) is 26.2 Å². The predicted molar refractivity (Wildman–Crippen MR) is 118 cm³/mol. The number of rotatable bonds is 4. The minimum absolute atomic E-state index is 0.287. The Morgan fingerprint density at radius 2 is 1.93 bits per heavy atom. The second-order valence-corrected chi connectivity index (χ2v) is 8.21. The Morgan fingerprint density at radius 3 is 2.64 bits per heavy atom. The van der Waals surface area contributed by atoms with Crippen LogP contribution in [0.1, 0.15) is 25.0 Å². The molecule has 0 aliphatic carbocycles. The van der Waals surface area contributed by atoms with Gasteiger partial charge >= 0.3 is 0 Å². The van der Waals surface area contributed by atoms with Gasteiger partial charge in [0.15, 0.2) is 6.29 Å². The van der Waals surface area contributed by atoms with Crippen molar-refractivity contribution in [2.24, 2.45) is 10.1 Å². The number of hydrazone groups is 1. The Bertz CT molecular complexity index is 1150. The number of carbonyl (C=O) groups is 1. The molecule has 5 nitrogen and oxygen atoms in total. The SMILES string of the molecule is Cc1ccc(N/N=C(\C=O)C2=Nc3c(cc(Br)c4ccncc34)C2(C)C)cc1. The number of hydrogen-bond donors (Lipinski definition) is 1. The molecule has 140 valence electrons. The van der Waals surface area contributed by atoms with Crippen LogP contribution in [0.25, 0.3) is 10.8 Å². The van der Waals surface area contributed by atoms with E-state index in [4.69, 9.17) is 4.99 Å². The first-order valence-corrected chi connectivity index (χ1v) is 9.73. The van der Waals surface area contributed by atoms with E-state index in [-0.39, 0.29) is 5.71 Å². The number of fused-ring (bicyclic) bond motifs is 3. The molecule has 1 aliphatic heterocycles. The van der Waals surface area contributed by atoms with E-state index in [0.29, 0.717) is 5.71 Å². The number of nitrogens with one attached hydrogen (secondary N) is 1. The largest absolute Gasteiger partial charge is 0.296 e. The number of benzene rings is 2. The van der Waals surface area contributed by atoms with E-state index in [2.05, 4.69) is 51.4 Å². The summed E-state index contributed by atoms with van der Waals surface area (Å²) in [4.78, 5) is 20.9. The number of hydrogen-bond acceptors (Lipinski definition) is 5. The van der Waals surface area contributed by atoms with Crippen molar-refractivity contribution in [2.75, 3.05) is 5.43 Å². The van der Waals surface area contributed by atoms with Gasteiger partial charge in [-0.2, -0.15) is 5.10 Å². The molecule has 0 bridgehead atoms. The zero-order valence-electron chi connectivity index (χ0n) is 15.8. The van der Waals surface area contributed by atoms with Crippen molar-refractivity contribution in [3.05, 3.63) is 64.4 Å². The number of aldehydes is 1. The second kappa shape index (κ2) is 6.95. The van der Waals surface area contributed by atoms with Crippen molar-refractivity contribution < 1.29 is 4.79 Å². The molecule has 3 aromatic rings. The highest BCUT2D eigenvalue weighted by Crippen LogP contribution is 2.46. The molecule has 0 atom stereocenters. The van der Waals surface area contributed by atoms with Gasteiger partial charge < -0.3 is 0 Å². The normalized spacial score (nSPS) is 15.3. The average molecular weight is 435 g/mol. The first-order valence-electron chi connectivity index (χ1n) is 8.93. The smallest absolute Gasteiger partial charge is 0.172 e. The third-order valence-electron chi connectivity index (χ3n) is 5.06. The van der Waals surface area contributed by atoms with Crippen LogP contribution in [0.5, 0.6) is 0 Å². The lowest BCUT2D eigenvalue weighted by molar-refractivity contribution is -0.102. The first kappa shape index (κ1) is 18.5. The Labute approximate surface area is 171 Å². The van der Waals surface area contributed by atoms with Crippen LogP contribution in [0.3, 0.4) is 0 Å². The van der Waals surface area contributed by atoms with Crippen molar-refractivity contribution in [1.82, 2.24) is 4.98 Å². The van der Waals surface area contributed by atoms with Gasteiger partial charge in [-0.1, -0.05) is 33.6 Å². The number of aryl methyl sites for hydroxylation is 1. The topological polar surface area (TPSA) is 66.7 Å². The zero-order valence-corrected chi connectivity index (χ0v) is 17.4. The van der Waals surface area contributed by atoms with Crippen LogP contribution >= 0.6 is 15.9 Å². The number of aromatic nitrogens is 1. The fourth-order valence-electron chi connectivity index (χ4n) is 3.45. The fraction of sp³-hybridized carbons (Fsp3) is 0.182. The molecular formula is C22H19BrN4O. The van der Waals surface area contributed by atoms with Gasteiger partial charge in [-0.05, 0) is 50.6 Å². The Hall–Kier alpha value is -2.86. The molecule has 28 heavy (non-hydrogen) atoms. The molecule has 0 amide bonds. The minimum atomic E-state index is -0.462.